The van der Waals surface area contributed by atoms with Crippen LogP contribution in [0.3, 0.4) is 0 Å². The second kappa shape index (κ2) is 7.08. The molecule has 0 fully saturated rings. The second-order valence-corrected chi connectivity index (χ2v) is 6.79. The molecule has 27 heavy (non-hydrogen) atoms. The summed E-state index contributed by atoms with van der Waals surface area (Å²) in [5.41, 5.74) is 7.89. The first-order chi connectivity index (χ1) is 12.8. The summed E-state index contributed by atoms with van der Waals surface area (Å²) in [4.78, 5) is 29.9. The molecule has 0 spiro atoms. The summed E-state index contributed by atoms with van der Waals surface area (Å²) in [5, 5.41) is 12.3. The lowest BCUT2D eigenvalue weighted by Crippen LogP contribution is -2.48. The second-order valence-electron chi connectivity index (χ2n) is 6.79. The molecular formula is C20H21N5O2. The standard InChI is InChI=1S/C20H21N5O2/c1-11-12(2)25(13(3)26)17-6-5-15(20(22)27)8-16(17)19(11)24-18-7-4-14(9-21)10-23-18/h4-8,10-12,19H,1-3H3,(H2,22,27)(H,23,24)/t11-,12-,19+/m0/s1. The first-order valence-electron chi connectivity index (χ1n) is 8.69. The first-order valence-corrected chi connectivity index (χ1v) is 8.69. The summed E-state index contributed by atoms with van der Waals surface area (Å²) < 4.78 is 0. The lowest BCUT2D eigenvalue weighted by atomic mass is 9.82. The number of hydrogen-bond donors (Lipinski definition) is 2. The van der Waals surface area contributed by atoms with Crippen molar-refractivity contribution < 1.29 is 9.59 Å². The summed E-state index contributed by atoms with van der Waals surface area (Å²) >= 11 is 0. The highest BCUT2D eigenvalue weighted by atomic mass is 16.2. The first kappa shape index (κ1) is 18.4. The van der Waals surface area contributed by atoms with Crippen LogP contribution in [-0.2, 0) is 4.79 Å². The average Bonchev–Trinajstić information content (AvgIpc) is 2.65. The molecule has 0 bridgehead atoms. The van der Waals surface area contributed by atoms with Crippen molar-refractivity contribution >= 4 is 23.3 Å². The maximum absolute atomic E-state index is 12.2. The van der Waals surface area contributed by atoms with Gasteiger partial charge in [-0.3, -0.25) is 9.59 Å². The van der Waals surface area contributed by atoms with Gasteiger partial charge < -0.3 is 16.0 Å². The van der Waals surface area contributed by atoms with Gasteiger partial charge in [0.05, 0.1) is 11.6 Å². The summed E-state index contributed by atoms with van der Waals surface area (Å²) in [6.07, 6.45) is 1.50. The average molecular weight is 363 g/mol. The van der Waals surface area contributed by atoms with E-state index >= 15 is 0 Å². The molecule has 3 rings (SSSR count). The van der Waals surface area contributed by atoms with Crippen LogP contribution in [0.1, 0.15) is 48.3 Å². The van der Waals surface area contributed by atoms with Crippen LogP contribution < -0.4 is 16.0 Å². The minimum atomic E-state index is -0.520. The van der Waals surface area contributed by atoms with E-state index in [4.69, 9.17) is 11.0 Å². The number of rotatable bonds is 3. The molecule has 1 aliphatic rings. The third-order valence-corrected chi connectivity index (χ3v) is 5.14. The Morgan fingerprint density at radius 3 is 2.56 bits per heavy atom. The number of hydrogen-bond acceptors (Lipinski definition) is 5. The highest BCUT2D eigenvalue weighted by molar-refractivity contribution is 5.97. The molecular weight excluding hydrogens is 342 g/mol. The summed E-state index contributed by atoms with van der Waals surface area (Å²) in [6.45, 7) is 5.57. The largest absolute Gasteiger partial charge is 0.366 e. The van der Waals surface area contributed by atoms with E-state index in [0.29, 0.717) is 16.9 Å². The van der Waals surface area contributed by atoms with E-state index in [-0.39, 0.29) is 23.9 Å². The molecule has 0 radical (unpaired) electrons. The summed E-state index contributed by atoms with van der Waals surface area (Å²) in [5.74, 6) is 0.0813. The van der Waals surface area contributed by atoms with E-state index in [9.17, 15) is 9.59 Å². The normalized spacial score (nSPS) is 21.1. The third kappa shape index (κ3) is 3.34. The van der Waals surface area contributed by atoms with E-state index in [1.807, 2.05) is 19.9 Å². The Labute approximate surface area is 157 Å². The number of primary amides is 1. The molecule has 3 N–H and O–H groups in total. The van der Waals surface area contributed by atoms with E-state index in [1.165, 1.54) is 13.1 Å². The molecule has 0 saturated heterocycles. The fraction of sp³-hybridized carbons (Fsp3) is 0.300. The fourth-order valence-electron chi connectivity index (χ4n) is 3.56. The highest BCUT2D eigenvalue weighted by Gasteiger charge is 2.38. The van der Waals surface area contributed by atoms with Gasteiger partial charge in [0.15, 0.2) is 0 Å². The van der Waals surface area contributed by atoms with E-state index < -0.39 is 5.91 Å². The molecule has 7 nitrogen and oxygen atoms in total. The number of amides is 2. The molecule has 7 heteroatoms. The Morgan fingerprint density at radius 2 is 2.00 bits per heavy atom. The van der Waals surface area contributed by atoms with Crippen LogP contribution in [-0.4, -0.2) is 22.8 Å². The maximum Gasteiger partial charge on any atom is 0.248 e. The highest BCUT2D eigenvalue weighted by Crippen LogP contribution is 2.42. The van der Waals surface area contributed by atoms with Gasteiger partial charge in [0.2, 0.25) is 11.8 Å². The molecule has 2 aromatic rings. The molecule has 1 aromatic heterocycles. The monoisotopic (exact) mass is 363 g/mol. The zero-order chi connectivity index (χ0) is 19.7. The van der Waals surface area contributed by atoms with Gasteiger partial charge in [-0.25, -0.2) is 4.98 Å². The molecule has 3 atom stereocenters. The van der Waals surface area contributed by atoms with Crippen molar-refractivity contribution in [2.45, 2.75) is 32.9 Å². The Bertz CT molecular complexity index is 932. The van der Waals surface area contributed by atoms with E-state index in [2.05, 4.69) is 10.3 Å². The number of benzene rings is 1. The number of anilines is 2. The molecule has 2 amide bonds. The number of aromatic nitrogens is 1. The smallest absolute Gasteiger partial charge is 0.248 e. The van der Waals surface area contributed by atoms with Crippen LogP contribution in [0, 0.1) is 17.2 Å². The van der Waals surface area contributed by atoms with Gasteiger partial charge in [0.25, 0.3) is 0 Å². The Balaban J connectivity index is 2.08. The maximum atomic E-state index is 12.2. The molecule has 2 heterocycles. The van der Waals surface area contributed by atoms with Crippen LogP contribution in [0.5, 0.6) is 0 Å². The SMILES string of the molecule is CC(=O)N1c2ccc(C(N)=O)cc2[C@H](Nc2ccc(C#N)cn2)[C@@H](C)[C@@H]1C. The number of nitriles is 1. The molecule has 0 saturated carbocycles. The third-order valence-electron chi connectivity index (χ3n) is 5.14. The molecule has 1 aliphatic heterocycles. The van der Waals surface area contributed by atoms with Crippen molar-refractivity contribution in [1.82, 2.24) is 4.98 Å². The van der Waals surface area contributed by atoms with Gasteiger partial charge in [-0.1, -0.05) is 6.92 Å². The Morgan fingerprint density at radius 1 is 1.26 bits per heavy atom. The summed E-state index contributed by atoms with van der Waals surface area (Å²) in [7, 11) is 0. The van der Waals surface area contributed by atoms with E-state index in [1.54, 1.807) is 35.2 Å². The van der Waals surface area contributed by atoms with Crippen LogP contribution in [0.4, 0.5) is 11.5 Å². The fourth-order valence-corrected chi connectivity index (χ4v) is 3.56. The lowest BCUT2D eigenvalue weighted by Gasteiger charge is -2.44. The minimum Gasteiger partial charge on any atom is -0.366 e. The molecule has 138 valence electrons. The van der Waals surface area contributed by atoms with Crippen LogP contribution in [0.2, 0.25) is 0 Å². The van der Waals surface area contributed by atoms with Crippen LogP contribution >= 0.6 is 0 Å². The minimum absolute atomic E-state index is 0.0435. The topological polar surface area (TPSA) is 112 Å². The lowest BCUT2D eigenvalue weighted by molar-refractivity contribution is -0.117. The summed E-state index contributed by atoms with van der Waals surface area (Å²) in [6, 6.07) is 10.4. The van der Waals surface area contributed by atoms with E-state index in [0.717, 1.165) is 11.3 Å². The van der Waals surface area contributed by atoms with Crippen molar-refractivity contribution in [1.29, 1.82) is 5.26 Å². The number of carbonyl (C=O) groups is 2. The van der Waals surface area contributed by atoms with Crippen molar-refractivity contribution in [2.24, 2.45) is 11.7 Å². The predicted octanol–water partition coefficient (Wildman–Crippen LogP) is 2.60. The molecule has 0 aliphatic carbocycles. The molecule has 1 aromatic carbocycles. The number of carbonyl (C=O) groups excluding carboxylic acids is 2. The van der Waals surface area contributed by atoms with Gasteiger partial charge in [-0.15, -0.1) is 0 Å². The van der Waals surface area contributed by atoms with Gasteiger partial charge in [-0.05, 0) is 42.8 Å². The Kier molecular flexibility index (Phi) is 4.82. The Hall–Kier alpha value is -3.40. The van der Waals surface area contributed by atoms with Crippen molar-refractivity contribution in [3.63, 3.8) is 0 Å². The quantitative estimate of drug-likeness (QED) is 0.870. The number of nitrogens with two attached hydrogens (primary N) is 1. The van der Waals surface area contributed by atoms with Crippen LogP contribution in [0.15, 0.2) is 36.5 Å². The number of pyridine rings is 1. The van der Waals surface area contributed by atoms with Crippen LogP contribution in [0.25, 0.3) is 0 Å². The zero-order valence-corrected chi connectivity index (χ0v) is 15.4. The number of nitrogens with one attached hydrogen (secondary N) is 1. The number of nitrogens with zero attached hydrogens (tertiary/aromatic N) is 3. The van der Waals surface area contributed by atoms with Gasteiger partial charge in [0.1, 0.15) is 11.9 Å². The van der Waals surface area contributed by atoms with Crippen molar-refractivity contribution in [3.05, 3.63) is 53.2 Å². The predicted molar refractivity (Wildman–Crippen MR) is 102 cm³/mol. The zero-order valence-electron chi connectivity index (χ0n) is 15.4. The van der Waals surface area contributed by atoms with Gasteiger partial charge >= 0.3 is 0 Å². The van der Waals surface area contributed by atoms with Gasteiger partial charge in [-0.2, -0.15) is 5.26 Å². The number of fused-ring (bicyclic) bond motifs is 1. The van der Waals surface area contributed by atoms with Crippen molar-refractivity contribution in [2.75, 3.05) is 10.2 Å². The van der Waals surface area contributed by atoms with Crippen molar-refractivity contribution in [3.8, 4) is 6.07 Å². The molecule has 0 unspecified atom stereocenters. The van der Waals surface area contributed by atoms with Gasteiger partial charge in [0, 0.05) is 36.3 Å².